The molecule has 124 valence electrons. The van der Waals surface area contributed by atoms with Crippen LogP contribution in [-0.2, 0) is 18.8 Å². The summed E-state index contributed by atoms with van der Waals surface area (Å²) in [6.07, 6.45) is -0.392. The monoisotopic (exact) mass is 329 g/mol. The van der Waals surface area contributed by atoms with Crippen molar-refractivity contribution in [1.82, 2.24) is 5.09 Å². The lowest BCUT2D eigenvalue weighted by Crippen LogP contribution is -2.36. The van der Waals surface area contributed by atoms with Crippen molar-refractivity contribution in [1.29, 1.82) is 0 Å². The number of aryl methyl sites for hydroxylation is 1. The molecule has 0 aliphatic carbocycles. The lowest BCUT2D eigenvalue weighted by Gasteiger charge is -2.23. The fourth-order valence-electron chi connectivity index (χ4n) is 1.71. The highest BCUT2D eigenvalue weighted by Crippen LogP contribution is 2.43. The van der Waals surface area contributed by atoms with Crippen molar-refractivity contribution in [2.24, 2.45) is 0 Å². The number of hydrogen-bond acceptors (Lipinski definition) is 5. The third kappa shape index (κ3) is 6.18. The summed E-state index contributed by atoms with van der Waals surface area (Å²) in [6, 6.07) is 6.37. The van der Waals surface area contributed by atoms with E-state index in [9.17, 15) is 9.36 Å². The van der Waals surface area contributed by atoms with Crippen LogP contribution in [0.1, 0.15) is 26.3 Å². The van der Waals surface area contributed by atoms with Gasteiger partial charge in [0.15, 0.2) is 0 Å². The van der Waals surface area contributed by atoms with E-state index in [0.29, 0.717) is 5.75 Å². The molecule has 0 aromatic heterocycles. The van der Waals surface area contributed by atoms with E-state index in [-0.39, 0.29) is 12.5 Å². The smallest absolute Gasteiger partial charge is 0.342 e. The molecule has 6 nitrogen and oxygen atoms in total. The molecule has 1 N–H and O–H groups in total. The van der Waals surface area contributed by atoms with Crippen molar-refractivity contribution in [2.75, 3.05) is 13.5 Å². The number of hydrogen-bond donors (Lipinski definition) is 1. The standard InChI is InChI=1S/C15H24NO5P/c1-11(2)20-15(17)13(4)16-22(18,10-19-5)21-14-8-6-12(3)7-9-14/h6-9,11,13H,10H2,1-5H3,(H,16,18)/t13-,22?/m0/s1. The summed E-state index contributed by atoms with van der Waals surface area (Å²) in [4.78, 5) is 11.8. The first-order valence-electron chi connectivity index (χ1n) is 7.08. The van der Waals surface area contributed by atoms with Gasteiger partial charge in [-0.05, 0) is 39.8 Å². The summed E-state index contributed by atoms with van der Waals surface area (Å²) in [5.41, 5.74) is 1.07. The summed E-state index contributed by atoms with van der Waals surface area (Å²) < 4.78 is 28.4. The fraction of sp³-hybridized carbons (Fsp3) is 0.533. The molecule has 0 amide bonds. The molecule has 0 aliphatic rings. The predicted octanol–water partition coefficient (Wildman–Crippen LogP) is 3.10. The van der Waals surface area contributed by atoms with Crippen LogP contribution in [0.2, 0.25) is 0 Å². The number of benzene rings is 1. The quantitative estimate of drug-likeness (QED) is 0.583. The summed E-state index contributed by atoms with van der Waals surface area (Å²) >= 11 is 0. The van der Waals surface area contributed by atoms with Gasteiger partial charge in [-0.25, -0.2) is 5.09 Å². The summed E-state index contributed by atoms with van der Waals surface area (Å²) in [6.45, 7) is 7.02. The van der Waals surface area contributed by atoms with Gasteiger partial charge in [0.25, 0.3) is 0 Å². The van der Waals surface area contributed by atoms with Crippen LogP contribution >= 0.6 is 7.52 Å². The minimum absolute atomic E-state index is 0.153. The second kappa shape index (κ2) is 8.32. The van der Waals surface area contributed by atoms with E-state index in [1.54, 1.807) is 32.9 Å². The molecule has 0 heterocycles. The van der Waals surface area contributed by atoms with Crippen molar-refractivity contribution in [3.63, 3.8) is 0 Å². The minimum Gasteiger partial charge on any atom is -0.462 e. The molecule has 1 unspecified atom stereocenters. The molecular formula is C15H24NO5P. The van der Waals surface area contributed by atoms with Gasteiger partial charge in [0, 0.05) is 7.11 Å². The van der Waals surface area contributed by atoms with Crippen molar-refractivity contribution in [2.45, 2.75) is 39.8 Å². The lowest BCUT2D eigenvalue weighted by molar-refractivity contribution is -0.149. The second-order valence-corrected chi connectivity index (χ2v) is 7.38. The topological polar surface area (TPSA) is 73.9 Å². The maximum atomic E-state index is 12.8. The molecule has 0 radical (unpaired) electrons. The molecule has 0 saturated heterocycles. The van der Waals surface area contributed by atoms with Crippen LogP contribution in [0.5, 0.6) is 5.75 Å². The van der Waals surface area contributed by atoms with E-state index in [1.165, 1.54) is 7.11 Å². The number of ether oxygens (including phenoxy) is 2. The number of methoxy groups -OCH3 is 1. The Hall–Kier alpha value is -1.36. The largest absolute Gasteiger partial charge is 0.462 e. The van der Waals surface area contributed by atoms with Gasteiger partial charge < -0.3 is 14.0 Å². The molecule has 0 saturated carbocycles. The van der Waals surface area contributed by atoms with Crippen LogP contribution in [0, 0.1) is 6.92 Å². The van der Waals surface area contributed by atoms with Crippen LogP contribution in [0.3, 0.4) is 0 Å². The highest BCUT2D eigenvalue weighted by atomic mass is 31.2. The van der Waals surface area contributed by atoms with Gasteiger partial charge in [0.2, 0.25) is 0 Å². The van der Waals surface area contributed by atoms with Crippen molar-refractivity contribution in [3.05, 3.63) is 29.8 Å². The molecule has 0 spiro atoms. The Morgan fingerprint density at radius 2 is 1.82 bits per heavy atom. The van der Waals surface area contributed by atoms with E-state index < -0.39 is 19.5 Å². The minimum atomic E-state index is -3.38. The first kappa shape index (κ1) is 18.7. The fourth-order valence-corrected chi connectivity index (χ4v) is 3.39. The molecule has 1 aromatic rings. The highest BCUT2D eigenvalue weighted by Gasteiger charge is 2.30. The lowest BCUT2D eigenvalue weighted by atomic mass is 10.2. The summed E-state index contributed by atoms with van der Waals surface area (Å²) in [5.74, 6) is -0.0401. The first-order valence-corrected chi connectivity index (χ1v) is 8.89. The molecule has 22 heavy (non-hydrogen) atoms. The van der Waals surface area contributed by atoms with E-state index >= 15 is 0 Å². The van der Waals surface area contributed by atoms with Crippen molar-refractivity contribution in [3.8, 4) is 5.75 Å². The van der Waals surface area contributed by atoms with Gasteiger partial charge in [-0.2, -0.15) is 0 Å². The Bertz CT molecular complexity index is 529. The average molecular weight is 329 g/mol. The Balaban J connectivity index is 2.79. The Morgan fingerprint density at radius 3 is 2.32 bits per heavy atom. The third-order valence-electron chi connectivity index (χ3n) is 2.67. The molecule has 1 rings (SSSR count). The van der Waals surface area contributed by atoms with Gasteiger partial charge in [0.1, 0.15) is 18.1 Å². The van der Waals surface area contributed by atoms with Crippen LogP contribution in [0.25, 0.3) is 0 Å². The zero-order valence-corrected chi connectivity index (χ0v) is 14.6. The molecule has 0 aliphatic heterocycles. The van der Waals surface area contributed by atoms with E-state index in [1.807, 2.05) is 19.1 Å². The maximum absolute atomic E-state index is 12.8. The predicted molar refractivity (Wildman–Crippen MR) is 85.1 cm³/mol. The van der Waals surface area contributed by atoms with Crippen LogP contribution < -0.4 is 9.61 Å². The molecule has 2 atom stereocenters. The summed E-state index contributed by atoms with van der Waals surface area (Å²) in [5, 5.41) is 2.70. The van der Waals surface area contributed by atoms with E-state index in [0.717, 1.165) is 5.56 Å². The molecule has 0 bridgehead atoms. The Morgan fingerprint density at radius 1 is 1.23 bits per heavy atom. The third-order valence-corrected chi connectivity index (χ3v) is 4.55. The Labute approximate surface area is 131 Å². The number of carbonyl (C=O) groups excluding carboxylic acids is 1. The van der Waals surface area contributed by atoms with Crippen molar-refractivity contribution < 1.29 is 23.4 Å². The normalized spacial score (nSPS) is 15.2. The van der Waals surface area contributed by atoms with Gasteiger partial charge in [-0.15, -0.1) is 0 Å². The number of nitrogens with one attached hydrogen (secondary N) is 1. The zero-order chi connectivity index (χ0) is 16.8. The van der Waals surface area contributed by atoms with Gasteiger partial charge in [0.05, 0.1) is 6.10 Å². The van der Waals surface area contributed by atoms with Gasteiger partial charge in [-0.1, -0.05) is 17.7 Å². The van der Waals surface area contributed by atoms with E-state index in [4.69, 9.17) is 14.0 Å². The summed E-state index contributed by atoms with van der Waals surface area (Å²) in [7, 11) is -1.96. The SMILES string of the molecule is COCP(=O)(N[C@@H](C)C(=O)OC(C)C)Oc1ccc(C)cc1. The molecule has 0 fully saturated rings. The second-order valence-electron chi connectivity index (χ2n) is 5.33. The molecule has 7 heteroatoms. The highest BCUT2D eigenvalue weighted by molar-refractivity contribution is 7.57. The molecule has 1 aromatic carbocycles. The number of carbonyl (C=O) groups is 1. The van der Waals surface area contributed by atoms with Gasteiger partial charge in [-0.3, -0.25) is 9.36 Å². The van der Waals surface area contributed by atoms with Crippen LogP contribution in [-0.4, -0.2) is 31.6 Å². The zero-order valence-electron chi connectivity index (χ0n) is 13.7. The van der Waals surface area contributed by atoms with Crippen LogP contribution in [0.15, 0.2) is 24.3 Å². The number of rotatable bonds is 8. The van der Waals surface area contributed by atoms with Crippen LogP contribution in [0.4, 0.5) is 0 Å². The molecular weight excluding hydrogens is 305 g/mol. The van der Waals surface area contributed by atoms with Gasteiger partial charge >= 0.3 is 13.5 Å². The average Bonchev–Trinajstić information content (AvgIpc) is 2.40. The van der Waals surface area contributed by atoms with E-state index in [2.05, 4.69) is 5.09 Å². The number of esters is 1. The first-order chi connectivity index (χ1) is 10.3. The Kier molecular flexibility index (Phi) is 7.07. The van der Waals surface area contributed by atoms with Crippen molar-refractivity contribution >= 4 is 13.5 Å². The maximum Gasteiger partial charge on any atom is 0.342 e.